The van der Waals surface area contributed by atoms with Gasteiger partial charge in [0.15, 0.2) is 0 Å². The molecule has 5 heteroatoms. The van der Waals surface area contributed by atoms with E-state index in [1.54, 1.807) is 0 Å². The van der Waals surface area contributed by atoms with E-state index in [9.17, 15) is 0 Å². The largest absolute Gasteiger partial charge is 0.314 e. The van der Waals surface area contributed by atoms with Crippen LogP contribution >= 0.6 is 0 Å². The average Bonchev–Trinajstić information content (AvgIpc) is 2.93. The lowest BCUT2D eigenvalue weighted by Crippen LogP contribution is -2.34. The zero-order valence-electron chi connectivity index (χ0n) is 29.2. The second-order valence-electron chi connectivity index (χ2n) is 13.7. The van der Waals surface area contributed by atoms with Gasteiger partial charge in [0.1, 0.15) is 0 Å². The van der Waals surface area contributed by atoms with Gasteiger partial charge in [-0.15, -0.1) is 0 Å². The third-order valence-corrected chi connectivity index (χ3v) is 8.72. The van der Waals surface area contributed by atoms with E-state index >= 15 is 0 Å². The van der Waals surface area contributed by atoms with Gasteiger partial charge in [0, 0.05) is 39.3 Å². The quantitative estimate of drug-likeness (QED) is 0.0593. The Hall–Kier alpha value is -0.780. The predicted octanol–water partition coefficient (Wildman–Crippen LogP) is 8.43. The minimum absolute atomic E-state index is 0.840. The molecule has 244 valence electrons. The molecule has 3 N–H and O–H groups in total. The van der Waals surface area contributed by atoms with Gasteiger partial charge >= 0.3 is 0 Å². The molecule has 0 bridgehead atoms. The molecular weight excluding hydrogens is 502 g/mol. The van der Waals surface area contributed by atoms with Crippen LogP contribution in [0, 0.1) is 35.5 Å². The molecule has 0 radical (unpaired) electrons. The molecule has 6 unspecified atom stereocenters. The number of nitrogens with zero attached hydrogens (tertiary/aromatic N) is 2. The van der Waals surface area contributed by atoms with Crippen molar-refractivity contribution in [2.45, 2.75) is 132 Å². The Kier molecular flexibility index (Phi) is 28.7. The molecule has 41 heavy (non-hydrogen) atoms. The zero-order valence-corrected chi connectivity index (χ0v) is 29.2. The lowest BCUT2D eigenvalue weighted by molar-refractivity contribution is 0.327. The molecular formula is C36H75N5. The minimum Gasteiger partial charge on any atom is -0.314 e. The first-order valence-electron chi connectivity index (χ1n) is 17.9. The third kappa shape index (κ3) is 29.1. The first kappa shape index (κ1) is 40.2. The summed E-state index contributed by atoms with van der Waals surface area (Å²) < 4.78 is 0. The van der Waals surface area contributed by atoms with Crippen molar-refractivity contribution in [2.75, 3.05) is 52.4 Å². The molecule has 0 aromatic carbocycles. The van der Waals surface area contributed by atoms with E-state index in [1.807, 2.05) is 0 Å². The van der Waals surface area contributed by atoms with Crippen LogP contribution in [-0.4, -0.2) is 64.8 Å². The second kappa shape index (κ2) is 29.3. The number of hydrogen-bond acceptors (Lipinski definition) is 5. The van der Waals surface area contributed by atoms with Crippen LogP contribution in [0.2, 0.25) is 0 Å². The number of aliphatic imine (C=N–C) groups is 2. The van der Waals surface area contributed by atoms with E-state index in [1.165, 1.54) is 64.2 Å². The van der Waals surface area contributed by atoms with Gasteiger partial charge in [0.05, 0.1) is 13.1 Å². The molecule has 0 aliphatic carbocycles. The molecule has 0 aliphatic heterocycles. The van der Waals surface area contributed by atoms with Gasteiger partial charge in [-0.1, -0.05) is 81.1 Å². The Morgan fingerprint density at radius 2 is 0.805 bits per heavy atom. The van der Waals surface area contributed by atoms with Gasteiger partial charge in [-0.25, -0.2) is 0 Å². The van der Waals surface area contributed by atoms with Gasteiger partial charge in [-0.2, -0.15) is 0 Å². The summed E-state index contributed by atoms with van der Waals surface area (Å²) >= 11 is 0. The van der Waals surface area contributed by atoms with Crippen LogP contribution in [0.1, 0.15) is 132 Å². The van der Waals surface area contributed by atoms with Crippen LogP contribution in [0.4, 0.5) is 0 Å². The molecule has 0 spiro atoms. The zero-order chi connectivity index (χ0) is 30.6. The van der Waals surface area contributed by atoms with Crippen molar-refractivity contribution < 1.29 is 0 Å². The Labute approximate surface area is 258 Å². The fourth-order valence-electron chi connectivity index (χ4n) is 6.01. The normalized spacial score (nSPS) is 16.8. The van der Waals surface area contributed by atoms with Crippen LogP contribution in [0.25, 0.3) is 0 Å². The van der Waals surface area contributed by atoms with Gasteiger partial charge < -0.3 is 16.0 Å². The van der Waals surface area contributed by atoms with Crippen LogP contribution in [0.3, 0.4) is 0 Å². The molecule has 6 atom stereocenters. The second-order valence-corrected chi connectivity index (χ2v) is 13.7. The highest BCUT2D eigenvalue weighted by molar-refractivity contribution is 5.57. The van der Waals surface area contributed by atoms with E-state index in [4.69, 9.17) is 0 Å². The fraction of sp³-hybridized carbons (Fsp3) is 0.944. The van der Waals surface area contributed by atoms with Gasteiger partial charge in [-0.05, 0) is 99.3 Å². The smallest absolute Gasteiger partial charge is 0.0510 e. The summed E-state index contributed by atoms with van der Waals surface area (Å²) in [7, 11) is 0. The maximum Gasteiger partial charge on any atom is 0.0510 e. The summed E-state index contributed by atoms with van der Waals surface area (Å²) in [4.78, 5) is 9.16. The standard InChI is InChI=1S/C36H75N5/c1-9-31(3)27-35(7)29-33(5)15-11-13-17-37-19-21-39-23-25-41-26-24-40-22-20-38-18-14-12-16-34(6)30-36(8)28-32(4)10-2/h17-18,31-36,39-41H,9-16,19-30H2,1-8H3/b37-17+,38-18+. The minimum atomic E-state index is 0.840. The molecule has 0 aromatic rings. The lowest BCUT2D eigenvalue weighted by Gasteiger charge is -2.19. The summed E-state index contributed by atoms with van der Waals surface area (Å²) in [6.45, 7) is 26.8. The van der Waals surface area contributed by atoms with Crippen molar-refractivity contribution in [1.82, 2.24) is 16.0 Å². The van der Waals surface area contributed by atoms with Crippen molar-refractivity contribution in [1.29, 1.82) is 0 Å². The van der Waals surface area contributed by atoms with Crippen LogP contribution in [0.5, 0.6) is 0 Å². The molecule has 0 amide bonds. The molecule has 0 heterocycles. The Morgan fingerprint density at radius 3 is 1.17 bits per heavy atom. The molecule has 0 fully saturated rings. The van der Waals surface area contributed by atoms with Crippen molar-refractivity contribution in [2.24, 2.45) is 45.5 Å². The topological polar surface area (TPSA) is 60.8 Å². The van der Waals surface area contributed by atoms with E-state index in [0.29, 0.717) is 0 Å². The number of rotatable bonds is 30. The van der Waals surface area contributed by atoms with Crippen molar-refractivity contribution >= 4 is 12.4 Å². The SMILES string of the molecule is CCC(C)CC(C)CC(C)CCC/C=N/CCNCCNCCNCC/N=C/CCCC(C)CC(C)CC(C)CC. The number of hydrogen-bond donors (Lipinski definition) is 3. The van der Waals surface area contributed by atoms with E-state index < -0.39 is 0 Å². The summed E-state index contributed by atoms with van der Waals surface area (Å²) in [5.41, 5.74) is 0. The maximum absolute atomic E-state index is 4.58. The van der Waals surface area contributed by atoms with E-state index in [-0.39, 0.29) is 0 Å². The first-order chi connectivity index (χ1) is 19.8. The Bertz CT molecular complexity index is 543. The number of unbranched alkanes of at least 4 members (excludes halogenated alkanes) is 2. The summed E-state index contributed by atoms with van der Waals surface area (Å²) in [6, 6.07) is 0. The first-order valence-corrected chi connectivity index (χ1v) is 17.9. The molecule has 0 aliphatic rings. The molecule has 0 rings (SSSR count). The summed E-state index contributed by atoms with van der Waals surface area (Å²) in [5.74, 6) is 5.15. The third-order valence-electron chi connectivity index (χ3n) is 8.72. The highest BCUT2D eigenvalue weighted by Gasteiger charge is 2.12. The monoisotopic (exact) mass is 578 g/mol. The van der Waals surface area contributed by atoms with Gasteiger partial charge in [0.25, 0.3) is 0 Å². The van der Waals surface area contributed by atoms with Crippen LogP contribution < -0.4 is 16.0 Å². The van der Waals surface area contributed by atoms with Crippen molar-refractivity contribution in [3.8, 4) is 0 Å². The van der Waals surface area contributed by atoms with Gasteiger partial charge in [-0.3, -0.25) is 9.98 Å². The van der Waals surface area contributed by atoms with Crippen LogP contribution in [-0.2, 0) is 0 Å². The highest BCUT2D eigenvalue weighted by Crippen LogP contribution is 2.25. The number of nitrogens with one attached hydrogen (secondary N) is 3. The highest BCUT2D eigenvalue weighted by atomic mass is 15.0. The molecule has 0 saturated carbocycles. The van der Waals surface area contributed by atoms with Gasteiger partial charge in [0.2, 0.25) is 0 Å². The summed E-state index contributed by atoms with van der Waals surface area (Å²) in [5, 5.41) is 10.5. The summed E-state index contributed by atoms with van der Waals surface area (Å²) in [6.07, 6.45) is 19.9. The molecule has 0 aromatic heterocycles. The van der Waals surface area contributed by atoms with E-state index in [2.05, 4.69) is 93.8 Å². The predicted molar refractivity (Wildman–Crippen MR) is 187 cm³/mol. The molecule has 0 saturated heterocycles. The Balaban J connectivity index is 3.41. The van der Waals surface area contributed by atoms with Crippen molar-refractivity contribution in [3.05, 3.63) is 0 Å². The molecule has 5 nitrogen and oxygen atoms in total. The van der Waals surface area contributed by atoms with E-state index in [0.717, 1.165) is 101 Å². The van der Waals surface area contributed by atoms with Crippen LogP contribution in [0.15, 0.2) is 9.98 Å². The fourth-order valence-corrected chi connectivity index (χ4v) is 6.01. The van der Waals surface area contributed by atoms with Crippen molar-refractivity contribution in [3.63, 3.8) is 0 Å². The lowest BCUT2D eigenvalue weighted by atomic mass is 9.87. The Morgan fingerprint density at radius 1 is 0.463 bits per heavy atom. The average molecular weight is 578 g/mol. The maximum atomic E-state index is 4.58.